The molecule has 1 atom stereocenters. The molecule has 0 spiro atoms. The molecule has 0 aromatic carbocycles. The molecule has 1 heterocycles. The molecular weight excluding hydrogens is 240 g/mol. The SMILES string of the molecule is CCCN(CC(=O)O)C(=O)NC(C)c1nn[nH]n1. The highest BCUT2D eigenvalue weighted by molar-refractivity contribution is 5.80. The number of carbonyl (C=O) groups is 2. The van der Waals surface area contributed by atoms with Crippen LogP contribution in [0, 0.1) is 0 Å². The van der Waals surface area contributed by atoms with Crippen molar-refractivity contribution < 1.29 is 14.7 Å². The van der Waals surface area contributed by atoms with Crippen LogP contribution in [-0.4, -0.2) is 55.7 Å². The molecule has 1 aromatic heterocycles. The Kier molecular flexibility index (Phi) is 5.03. The number of amides is 2. The zero-order valence-corrected chi connectivity index (χ0v) is 10.3. The average Bonchev–Trinajstić information content (AvgIpc) is 2.81. The number of aromatic amines is 1. The number of aliphatic carboxylic acids is 1. The molecule has 1 aromatic rings. The number of nitrogens with zero attached hydrogens (tertiary/aromatic N) is 4. The Morgan fingerprint density at radius 1 is 1.56 bits per heavy atom. The average molecular weight is 256 g/mol. The molecule has 0 fully saturated rings. The fourth-order valence-corrected chi connectivity index (χ4v) is 1.38. The van der Waals surface area contributed by atoms with Crippen LogP contribution in [0.25, 0.3) is 0 Å². The largest absolute Gasteiger partial charge is 0.480 e. The summed E-state index contributed by atoms with van der Waals surface area (Å²) in [5.41, 5.74) is 0. The third-order valence-corrected chi connectivity index (χ3v) is 2.20. The fourth-order valence-electron chi connectivity index (χ4n) is 1.38. The lowest BCUT2D eigenvalue weighted by molar-refractivity contribution is -0.137. The molecule has 1 rings (SSSR count). The van der Waals surface area contributed by atoms with E-state index in [1.54, 1.807) is 6.92 Å². The van der Waals surface area contributed by atoms with Crippen LogP contribution >= 0.6 is 0 Å². The van der Waals surface area contributed by atoms with Crippen molar-refractivity contribution in [2.75, 3.05) is 13.1 Å². The molecule has 100 valence electrons. The molecule has 0 aliphatic rings. The molecule has 18 heavy (non-hydrogen) atoms. The zero-order valence-electron chi connectivity index (χ0n) is 10.3. The lowest BCUT2D eigenvalue weighted by Gasteiger charge is -2.22. The van der Waals surface area contributed by atoms with Crippen molar-refractivity contribution in [1.82, 2.24) is 30.8 Å². The third-order valence-electron chi connectivity index (χ3n) is 2.20. The Labute approximate surface area is 104 Å². The summed E-state index contributed by atoms with van der Waals surface area (Å²) in [4.78, 5) is 23.7. The van der Waals surface area contributed by atoms with E-state index in [9.17, 15) is 9.59 Å². The van der Waals surface area contributed by atoms with Gasteiger partial charge < -0.3 is 15.3 Å². The van der Waals surface area contributed by atoms with Crippen LogP contribution in [0.4, 0.5) is 4.79 Å². The van der Waals surface area contributed by atoms with E-state index in [2.05, 4.69) is 25.9 Å². The lowest BCUT2D eigenvalue weighted by Crippen LogP contribution is -2.44. The number of tetrazole rings is 1. The lowest BCUT2D eigenvalue weighted by atomic mass is 10.3. The van der Waals surface area contributed by atoms with Crippen LogP contribution in [0.15, 0.2) is 0 Å². The summed E-state index contributed by atoms with van der Waals surface area (Å²) in [6.45, 7) is 3.59. The van der Waals surface area contributed by atoms with Crippen molar-refractivity contribution in [2.45, 2.75) is 26.3 Å². The van der Waals surface area contributed by atoms with Crippen LogP contribution < -0.4 is 5.32 Å². The number of H-pyrrole nitrogens is 1. The first kappa shape index (κ1) is 13.9. The minimum Gasteiger partial charge on any atom is -0.480 e. The second-order valence-electron chi connectivity index (χ2n) is 3.76. The minimum atomic E-state index is -1.05. The predicted octanol–water partition coefficient (Wildman–Crippen LogP) is -0.233. The van der Waals surface area contributed by atoms with E-state index in [-0.39, 0.29) is 6.54 Å². The Bertz CT molecular complexity index is 393. The Hall–Kier alpha value is -2.19. The molecule has 0 saturated heterocycles. The number of hydrogen-bond acceptors (Lipinski definition) is 5. The summed E-state index contributed by atoms with van der Waals surface area (Å²) in [7, 11) is 0. The smallest absolute Gasteiger partial charge is 0.323 e. The van der Waals surface area contributed by atoms with E-state index in [0.29, 0.717) is 18.8 Å². The number of urea groups is 1. The fraction of sp³-hybridized carbons (Fsp3) is 0.667. The van der Waals surface area contributed by atoms with E-state index >= 15 is 0 Å². The summed E-state index contributed by atoms with van der Waals surface area (Å²) in [5, 5.41) is 24.5. The number of carboxylic acid groups (broad SMARTS) is 1. The molecule has 0 radical (unpaired) electrons. The first-order chi connectivity index (χ1) is 8.54. The number of carbonyl (C=O) groups excluding carboxylic acids is 1. The molecule has 9 heteroatoms. The first-order valence-corrected chi connectivity index (χ1v) is 5.55. The second kappa shape index (κ2) is 6.52. The molecule has 0 bridgehead atoms. The van der Waals surface area contributed by atoms with Crippen LogP contribution in [0.2, 0.25) is 0 Å². The van der Waals surface area contributed by atoms with Gasteiger partial charge in [0.15, 0.2) is 5.82 Å². The summed E-state index contributed by atoms with van der Waals surface area (Å²) < 4.78 is 0. The van der Waals surface area contributed by atoms with Gasteiger partial charge >= 0.3 is 12.0 Å². The van der Waals surface area contributed by atoms with Crippen molar-refractivity contribution in [2.24, 2.45) is 0 Å². The van der Waals surface area contributed by atoms with E-state index < -0.39 is 18.0 Å². The Morgan fingerprint density at radius 3 is 2.78 bits per heavy atom. The van der Waals surface area contributed by atoms with Gasteiger partial charge in [-0.2, -0.15) is 5.21 Å². The highest BCUT2D eigenvalue weighted by atomic mass is 16.4. The monoisotopic (exact) mass is 256 g/mol. The minimum absolute atomic E-state index is 0.335. The molecule has 0 saturated carbocycles. The predicted molar refractivity (Wildman–Crippen MR) is 60.6 cm³/mol. The molecule has 1 unspecified atom stereocenters. The molecule has 2 amide bonds. The van der Waals surface area contributed by atoms with Crippen molar-refractivity contribution in [3.63, 3.8) is 0 Å². The van der Waals surface area contributed by atoms with Gasteiger partial charge in [-0.15, -0.1) is 10.2 Å². The van der Waals surface area contributed by atoms with Gasteiger partial charge in [-0.3, -0.25) is 4.79 Å². The van der Waals surface area contributed by atoms with Crippen molar-refractivity contribution in [3.05, 3.63) is 5.82 Å². The molecule has 0 aliphatic carbocycles. The van der Waals surface area contributed by atoms with Gasteiger partial charge in [-0.05, 0) is 13.3 Å². The van der Waals surface area contributed by atoms with Gasteiger partial charge in [-0.25, -0.2) is 4.79 Å². The van der Waals surface area contributed by atoms with Gasteiger partial charge in [-0.1, -0.05) is 12.1 Å². The highest BCUT2D eigenvalue weighted by Crippen LogP contribution is 2.04. The zero-order chi connectivity index (χ0) is 13.5. The number of hydrogen-bond donors (Lipinski definition) is 3. The van der Waals surface area contributed by atoms with E-state index in [1.807, 2.05) is 6.92 Å². The third kappa shape index (κ3) is 4.00. The van der Waals surface area contributed by atoms with E-state index in [1.165, 1.54) is 4.90 Å². The van der Waals surface area contributed by atoms with Crippen molar-refractivity contribution in [3.8, 4) is 0 Å². The van der Waals surface area contributed by atoms with Crippen molar-refractivity contribution in [1.29, 1.82) is 0 Å². The number of nitrogens with one attached hydrogen (secondary N) is 2. The van der Waals surface area contributed by atoms with E-state index in [0.717, 1.165) is 0 Å². The number of rotatable bonds is 6. The van der Waals surface area contributed by atoms with Gasteiger partial charge in [0.1, 0.15) is 6.54 Å². The highest BCUT2D eigenvalue weighted by Gasteiger charge is 2.19. The van der Waals surface area contributed by atoms with Crippen LogP contribution in [0.3, 0.4) is 0 Å². The normalized spacial score (nSPS) is 11.9. The summed E-state index contributed by atoms with van der Waals surface area (Å²) in [6.07, 6.45) is 0.678. The quantitative estimate of drug-likeness (QED) is 0.645. The number of aromatic nitrogens is 4. The van der Waals surface area contributed by atoms with Gasteiger partial charge in [0.2, 0.25) is 0 Å². The van der Waals surface area contributed by atoms with Crippen LogP contribution in [0.1, 0.15) is 32.1 Å². The van der Waals surface area contributed by atoms with Crippen molar-refractivity contribution >= 4 is 12.0 Å². The summed E-state index contributed by atoms with van der Waals surface area (Å²) in [5.74, 6) is -0.707. The van der Waals surface area contributed by atoms with Gasteiger partial charge in [0, 0.05) is 6.54 Å². The maximum atomic E-state index is 11.8. The van der Waals surface area contributed by atoms with Gasteiger partial charge in [0.05, 0.1) is 6.04 Å². The topological polar surface area (TPSA) is 124 Å². The molecular formula is C9H16N6O3. The summed E-state index contributed by atoms with van der Waals surface area (Å²) >= 11 is 0. The Morgan fingerprint density at radius 2 is 2.28 bits per heavy atom. The van der Waals surface area contributed by atoms with Crippen LogP contribution in [0.5, 0.6) is 0 Å². The number of carboxylic acids is 1. The molecule has 0 aliphatic heterocycles. The maximum Gasteiger partial charge on any atom is 0.323 e. The summed E-state index contributed by atoms with van der Waals surface area (Å²) in [6, 6.07) is -0.902. The first-order valence-electron chi connectivity index (χ1n) is 5.55. The van der Waals surface area contributed by atoms with Gasteiger partial charge in [0.25, 0.3) is 0 Å². The molecule has 9 nitrogen and oxygen atoms in total. The van der Waals surface area contributed by atoms with E-state index in [4.69, 9.17) is 5.11 Å². The Balaban J connectivity index is 2.58. The second-order valence-corrected chi connectivity index (χ2v) is 3.76. The van der Waals surface area contributed by atoms with Crippen LogP contribution in [-0.2, 0) is 4.79 Å². The maximum absolute atomic E-state index is 11.8. The molecule has 3 N–H and O–H groups in total. The standard InChI is InChI=1S/C9H16N6O3/c1-3-4-15(5-7(16)17)9(18)10-6(2)8-11-13-14-12-8/h6H,3-5H2,1-2H3,(H,10,18)(H,16,17)(H,11,12,13,14).